The van der Waals surface area contributed by atoms with Crippen molar-refractivity contribution >= 4 is 27.5 Å². The van der Waals surface area contributed by atoms with Crippen LogP contribution in [0.15, 0.2) is 42.5 Å². The van der Waals surface area contributed by atoms with Crippen molar-refractivity contribution in [1.82, 2.24) is 0 Å². The average molecular weight is 326 g/mol. The van der Waals surface area contributed by atoms with E-state index in [1.807, 2.05) is 30.3 Å². The number of alkyl halides is 1. The number of halogens is 2. The molecular weight excluding hydrogens is 312 g/mol. The lowest BCUT2D eigenvalue weighted by Crippen LogP contribution is -1.90. The van der Waals surface area contributed by atoms with Crippen LogP contribution in [-0.4, -0.2) is 0 Å². The van der Waals surface area contributed by atoms with Gasteiger partial charge >= 0.3 is 0 Å². The summed E-state index contributed by atoms with van der Waals surface area (Å²) < 4.78 is 5.87. The molecule has 0 aliphatic rings. The van der Waals surface area contributed by atoms with Gasteiger partial charge in [0, 0.05) is 15.9 Å². The third-order valence-corrected chi connectivity index (χ3v) is 3.57. The van der Waals surface area contributed by atoms with Gasteiger partial charge in [-0.1, -0.05) is 46.6 Å². The van der Waals surface area contributed by atoms with Crippen molar-refractivity contribution in [3.63, 3.8) is 0 Å². The topological polar surface area (TPSA) is 9.23 Å². The van der Waals surface area contributed by atoms with Gasteiger partial charge in [-0.15, -0.1) is 0 Å². The first-order chi connectivity index (χ1) is 8.72. The standard InChI is InChI=1S/C15H14BrClO/c1-2-11-3-6-14(7-4-11)18-15-8-5-13(17)9-12(15)10-16/h3-9H,2,10H2,1H3. The smallest absolute Gasteiger partial charge is 0.131 e. The number of ether oxygens (including phenoxy) is 1. The summed E-state index contributed by atoms with van der Waals surface area (Å²) in [5.74, 6) is 1.68. The van der Waals surface area contributed by atoms with E-state index in [1.54, 1.807) is 0 Å². The van der Waals surface area contributed by atoms with Crippen LogP contribution in [0.2, 0.25) is 5.02 Å². The quantitative estimate of drug-likeness (QED) is 0.666. The van der Waals surface area contributed by atoms with Crippen molar-refractivity contribution < 1.29 is 4.74 Å². The molecule has 0 radical (unpaired) electrons. The lowest BCUT2D eigenvalue weighted by molar-refractivity contribution is 0.478. The Morgan fingerprint density at radius 3 is 2.44 bits per heavy atom. The molecule has 2 aromatic rings. The molecule has 0 bridgehead atoms. The Labute approximate surface area is 121 Å². The normalized spacial score (nSPS) is 10.4. The molecule has 0 fully saturated rings. The molecule has 94 valence electrons. The third kappa shape index (κ3) is 3.27. The summed E-state index contributed by atoms with van der Waals surface area (Å²) in [5.41, 5.74) is 2.35. The van der Waals surface area contributed by atoms with E-state index in [4.69, 9.17) is 16.3 Å². The van der Waals surface area contributed by atoms with E-state index in [0.29, 0.717) is 0 Å². The SMILES string of the molecule is CCc1ccc(Oc2ccc(Cl)cc2CBr)cc1. The third-order valence-electron chi connectivity index (χ3n) is 2.73. The second-order valence-corrected chi connectivity index (χ2v) is 4.98. The van der Waals surface area contributed by atoms with E-state index in [1.165, 1.54) is 5.56 Å². The van der Waals surface area contributed by atoms with Crippen molar-refractivity contribution in [3.05, 3.63) is 58.6 Å². The van der Waals surface area contributed by atoms with Crippen LogP contribution in [0.25, 0.3) is 0 Å². The van der Waals surface area contributed by atoms with E-state index >= 15 is 0 Å². The molecule has 0 heterocycles. The van der Waals surface area contributed by atoms with Crippen LogP contribution in [0.1, 0.15) is 18.1 Å². The highest BCUT2D eigenvalue weighted by Gasteiger charge is 2.05. The molecule has 2 rings (SSSR count). The summed E-state index contributed by atoms with van der Waals surface area (Å²) in [6.07, 6.45) is 1.04. The predicted molar refractivity (Wildman–Crippen MR) is 80.0 cm³/mol. The molecule has 0 spiro atoms. The first-order valence-electron chi connectivity index (χ1n) is 5.84. The van der Waals surface area contributed by atoms with Crippen molar-refractivity contribution in [2.45, 2.75) is 18.7 Å². The van der Waals surface area contributed by atoms with Crippen LogP contribution in [0, 0.1) is 0 Å². The number of aryl methyl sites for hydroxylation is 1. The Morgan fingerprint density at radius 1 is 1.11 bits per heavy atom. The zero-order valence-corrected chi connectivity index (χ0v) is 12.5. The first kappa shape index (κ1) is 13.4. The Kier molecular flexibility index (Phi) is 4.67. The van der Waals surface area contributed by atoms with Gasteiger partial charge in [0.1, 0.15) is 11.5 Å². The molecule has 0 amide bonds. The zero-order chi connectivity index (χ0) is 13.0. The fraction of sp³-hybridized carbons (Fsp3) is 0.200. The largest absolute Gasteiger partial charge is 0.457 e. The van der Waals surface area contributed by atoms with Gasteiger partial charge in [0.15, 0.2) is 0 Å². The van der Waals surface area contributed by atoms with Gasteiger partial charge in [-0.05, 0) is 42.3 Å². The minimum Gasteiger partial charge on any atom is -0.457 e. The fourth-order valence-corrected chi connectivity index (χ4v) is 2.31. The van der Waals surface area contributed by atoms with Gasteiger partial charge in [-0.25, -0.2) is 0 Å². The summed E-state index contributed by atoms with van der Waals surface area (Å²) in [5, 5.41) is 1.44. The molecule has 0 saturated carbocycles. The Morgan fingerprint density at radius 2 is 1.83 bits per heavy atom. The molecule has 0 unspecified atom stereocenters. The monoisotopic (exact) mass is 324 g/mol. The lowest BCUT2D eigenvalue weighted by atomic mass is 10.2. The van der Waals surface area contributed by atoms with E-state index in [9.17, 15) is 0 Å². The maximum atomic E-state index is 5.96. The molecule has 2 aromatic carbocycles. The van der Waals surface area contributed by atoms with Crippen LogP contribution >= 0.6 is 27.5 Å². The van der Waals surface area contributed by atoms with Crippen LogP contribution < -0.4 is 4.74 Å². The highest BCUT2D eigenvalue weighted by Crippen LogP contribution is 2.29. The molecule has 0 aliphatic heterocycles. The van der Waals surface area contributed by atoms with E-state index in [2.05, 4.69) is 35.0 Å². The number of hydrogen-bond acceptors (Lipinski definition) is 1. The van der Waals surface area contributed by atoms with E-state index in [-0.39, 0.29) is 0 Å². The summed E-state index contributed by atoms with van der Waals surface area (Å²) >= 11 is 9.40. The van der Waals surface area contributed by atoms with Gasteiger partial charge in [0.2, 0.25) is 0 Å². The molecule has 0 aliphatic carbocycles. The molecular formula is C15H14BrClO. The van der Waals surface area contributed by atoms with Gasteiger partial charge in [0.05, 0.1) is 0 Å². The van der Waals surface area contributed by atoms with Gasteiger partial charge in [-0.2, -0.15) is 0 Å². The highest BCUT2D eigenvalue weighted by atomic mass is 79.9. The molecule has 0 N–H and O–H groups in total. The summed E-state index contributed by atoms with van der Waals surface area (Å²) in [6, 6.07) is 13.8. The number of rotatable bonds is 4. The Balaban J connectivity index is 2.22. The van der Waals surface area contributed by atoms with Gasteiger partial charge < -0.3 is 4.74 Å². The van der Waals surface area contributed by atoms with Crippen LogP contribution in [0.4, 0.5) is 0 Å². The summed E-state index contributed by atoms with van der Waals surface area (Å²) in [6.45, 7) is 2.14. The van der Waals surface area contributed by atoms with Crippen molar-refractivity contribution in [2.24, 2.45) is 0 Å². The lowest BCUT2D eigenvalue weighted by Gasteiger charge is -2.10. The minimum atomic E-state index is 0.718. The first-order valence-corrected chi connectivity index (χ1v) is 7.34. The molecule has 0 aromatic heterocycles. The molecule has 1 nitrogen and oxygen atoms in total. The predicted octanol–water partition coefficient (Wildman–Crippen LogP) is 5.59. The fourth-order valence-electron chi connectivity index (χ4n) is 1.67. The molecule has 0 saturated heterocycles. The summed E-state index contributed by atoms with van der Waals surface area (Å²) in [7, 11) is 0. The number of hydrogen-bond donors (Lipinski definition) is 0. The number of benzene rings is 2. The van der Waals surface area contributed by atoms with Gasteiger partial charge in [0.25, 0.3) is 0 Å². The van der Waals surface area contributed by atoms with Crippen LogP contribution in [-0.2, 0) is 11.8 Å². The second kappa shape index (κ2) is 6.26. The molecule has 3 heteroatoms. The van der Waals surface area contributed by atoms with Crippen LogP contribution in [0.5, 0.6) is 11.5 Å². The zero-order valence-electron chi connectivity index (χ0n) is 10.1. The van der Waals surface area contributed by atoms with Crippen molar-refractivity contribution in [1.29, 1.82) is 0 Å². The van der Waals surface area contributed by atoms with Crippen LogP contribution in [0.3, 0.4) is 0 Å². The minimum absolute atomic E-state index is 0.718. The van der Waals surface area contributed by atoms with E-state index in [0.717, 1.165) is 33.8 Å². The maximum Gasteiger partial charge on any atom is 0.131 e. The summed E-state index contributed by atoms with van der Waals surface area (Å²) in [4.78, 5) is 0. The second-order valence-electron chi connectivity index (χ2n) is 3.99. The highest BCUT2D eigenvalue weighted by molar-refractivity contribution is 9.08. The van der Waals surface area contributed by atoms with Crippen molar-refractivity contribution in [3.8, 4) is 11.5 Å². The Hall–Kier alpha value is -0.990. The van der Waals surface area contributed by atoms with Gasteiger partial charge in [-0.3, -0.25) is 0 Å². The Bertz CT molecular complexity index is 523. The maximum absolute atomic E-state index is 5.96. The molecule has 18 heavy (non-hydrogen) atoms. The molecule has 0 atom stereocenters. The average Bonchev–Trinajstić information content (AvgIpc) is 2.41. The van der Waals surface area contributed by atoms with Crippen molar-refractivity contribution in [2.75, 3.05) is 0 Å². The van der Waals surface area contributed by atoms with E-state index < -0.39 is 0 Å².